The predicted molar refractivity (Wildman–Crippen MR) is 271 cm³/mol. The highest BCUT2D eigenvalue weighted by Gasteiger charge is 2.20. The molecule has 298 valence electrons. The number of hydrogen-bond donors (Lipinski definition) is 2. The van der Waals surface area contributed by atoms with E-state index in [-0.39, 0.29) is 0 Å². The first kappa shape index (κ1) is 36.1. The summed E-state index contributed by atoms with van der Waals surface area (Å²) in [7, 11) is 0. The number of aromatic amines is 2. The molecule has 2 N–H and O–H groups in total. The molecule has 64 heavy (non-hydrogen) atoms. The molecule has 0 saturated heterocycles. The fraction of sp³-hybridized carbons (Fsp3) is 0. The van der Waals surface area contributed by atoms with Gasteiger partial charge in [0.15, 0.2) is 0 Å². The Morgan fingerprint density at radius 1 is 0.234 bits per heavy atom. The quantitative estimate of drug-likeness (QED) is 0.186. The van der Waals surface area contributed by atoms with E-state index in [0.717, 1.165) is 89.4 Å². The Morgan fingerprint density at radius 3 is 0.844 bits per heavy atom. The van der Waals surface area contributed by atoms with E-state index in [2.05, 4.69) is 228 Å². The summed E-state index contributed by atoms with van der Waals surface area (Å²) in [5.41, 5.74) is 15.9. The normalized spacial score (nSPS) is 12.2. The lowest BCUT2D eigenvalue weighted by Gasteiger charge is -2.09. The fourth-order valence-electron chi connectivity index (χ4n) is 9.80. The largest absolute Gasteiger partial charge is 0.354 e. The standard InChI is InChI=1S/C60H38N4/c1-5-13-41-33-45(21-17-37(41)9-1)57-49-25-27-51(61-49)58(46-22-18-38-10-2-6-14-42(38)34-46)53-29-31-55(63-53)60(48-24-20-40-12-4-8-16-44(40)36-48)56-32-30-54(64-56)59(52-28-26-50(57)62-52)47-23-19-39-11-3-7-15-43(39)35-47/h1-36,61-62H. The van der Waals surface area contributed by atoms with Gasteiger partial charge in [0.05, 0.1) is 22.8 Å². The molecule has 8 bridgehead atoms. The SMILES string of the molecule is C1=Cc2nc1c(-c1ccc3ccccc3c1)c1nc(c(-c3ccc4ccccc4c3)c3ccc([nH]3)c(-c3ccc4ccccc4c3)c3ccc([nH]3)c2-c2ccc3ccccc3c2)C=C1. The van der Waals surface area contributed by atoms with Crippen LogP contribution in [0, 0.1) is 0 Å². The van der Waals surface area contributed by atoms with Gasteiger partial charge in [-0.15, -0.1) is 0 Å². The summed E-state index contributed by atoms with van der Waals surface area (Å²) >= 11 is 0. The lowest BCUT2D eigenvalue weighted by molar-refractivity contribution is 1.28. The van der Waals surface area contributed by atoms with Crippen molar-refractivity contribution < 1.29 is 0 Å². The van der Waals surface area contributed by atoms with Crippen LogP contribution in [0.1, 0.15) is 22.8 Å². The molecule has 0 aliphatic carbocycles. The van der Waals surface area contributed by atoms with E-state index in [0.29, 0.717) is 0 Å². The van der Waals surface area contributed by atoms with Crippen molar-refractivity contribution in [1.82, 2.24) is 19.9 Å². The molecule has 8 aromatic carbocycles. The van der Waals surface area contributed by atoms with Crippen LogP contribution in [0.4, 0.5) is 0 Å². The first-order chi connectivity index (χ1) is 31.7. The molecular formula is C60H38N4. The molecule has 3 aromatic heterocycles. The maximum atomic E-state index is 5.56. The van der Waals surface area contributed by atoms with Crippen LogP contribution in [0.5, 0.6) is 0 Å². The molecule has 0 spiro atoms. The Hall–Kier alpha value is -8.60. The van der Waals surface area contributed by atoms with E-state index >= 15 is 0 Å². The van der Waals surface area contributed by atoms with Gasteiger partial charge in [-0.05, 0) is 138 Å². The summed E-state index contributed by atoms with van der Waals surface area (Å²) in [4.78, 5) is 19.0. The molecular weight excluding hydrogens is 777 g/mol. The number of benzene rings is 8. The van der Waals surface area contributed by atoms with Crippen LogP contribution in [0.2, 0.25) is 0 Å². The molecule has 11 aromatic rings. The average molecular weight is 815 g/mol. The van der Waals surface area contributed by atoms with Crippen molar-refractivity contribution in [3.63, 3.8) is 0 Å². The Labute approximate surface area is 369 Å². The fourth-order valence-corrected chi connectivity index (χ4v) is 9.80. The third-order valence-electron chi connectivity index (χ3n) is 12.9. The highest BCUT2D eigenvalue weighted by molar-refractivity contribution is 6.03. The lowest BCUT2D eigenvalue weighted by Crippen LogP contribution is -1.91. The highest BCUT2D eigenvalue weighted by atomic mass is 14.8. The third-order valence-corrected chi connectivity index (χ3v) is 12.9. The van der Waals surface area contributed by atoms with Gasteiger partial charge in [-0.3, -0.25) is 0 Å². The lowest BCUT2D eigenvalue weighted by atomic mass is 9.99. The molecule has 13 rings (SSSR count). The van der Waals surface area contributed by atoms with Crippen molar-refractivity contribution in [2.45, 2.75) is 0 Å². The zero-order valence-electron chi connectivity index (χ0n) is 34.7. The Balaban J connectivity index is 1.19. The zero-order chi connectivity index (χ0) is 42.1. The molecule has 2 aliphatic heterocycles. The average Bonchev–Trinajstić information content (AvgIpc) is 4.20. The summed E-state index contributed by atoms with van der Waals surface area (Å²) in [5.74, 6) is 0. The van der Waals surface area contributed by atoms with Gasteiger partial charge in [-0.25, -0.2) is 9.97 Å². The van der Waals surface area contributed by atoms with E-state index < -0.39 is 0 Å². The van der Waals surface area contributed by atoms with E-state index in [9.17, 15) is 0 Å². The minimum atomic E-state index is 0.866. The van der Waals surface area contributed by atoms with Crippen molar-refractivity contribution in [2.75, 3.05) is 0 Å². The van der Waals surface area contributed by atoms with E-state index in [1.807, 2.05) is 0 Å². The smallest absolute Gasteiger partial charge is 0.0738 e. The maximum absolute atomic E-state index is 5.56. The Kier molecular flexibility index (Phi) is 8.18. The zero-order valence-corrected chi connectivity index (χ0v) is 34.7. The van der Waals surface area contributed by atoms with Gasteiger partial charge < -0.3 is 9.97 Å². The maximum Gasteiger partial charge on any atom is 0.0738 e. The Bertz CT molecular complexity index is 3800. The summed E-state index contributed by atoms with van der Waals surface area (Å²) in [6.45, 7) is 0. The van der Waals surface area contributed by atoms with Crippen molar-refractivity contribution >= 4 is 89.5 Å². The molecule has 0 amide bonds. The predicted octanol–water partition coefficient (Wildman–Crippen LogP) is 15.9. The van der Waals surface area contributed by atoms with Crippen molar-refractivity contribution in [2.24, 2.45) is 0 Å². The van der Waals surface area contributed by atoms with Crippen molar-refractivity contribution in [1.29, 1.82) is 0 Å². The molecule has 5 heterocycles. The van der Waals surface area contributed by atoms with Crippen molar-refractivity contribution in [3.05, 3.63) is 217 Å². The van der Waals surface area contributed by atoms with E-state index in [1.54, 1.807) is 0 Å². The van der Waals surface area contributed by atoms with Crippen LogP contribution in [0.3, 0.4) is 0 Å². The van der Waals surface area contributed by atoms with Gasteiger partial charge in [0.2, 0.25) is 0 Å². The first-order valence-electron chi connectivity index (χ1n) is 21.8. The summed E-state index contributed by atoms with van der Waals surface area (Å²) in [5, 5.41) is 9.50. The third kappa shape index (κ3) is 6.07. The molecule has 0 radical (unpaired) electrons. The van der Waals surface area contributed by atoms with Crippen LogP contribution in [-0.2, 0) is 0 Å². The second-order valence-corrected chi connectivity index (χ2v) is 16.8. The summed E-state index contributed by atoms with van der Waals surface area (Å²) in [6, 6.07) is 69.9. The van der Waals surface area contributed by atoms with Crippen molar-refractivity contribution in [3.8, 4) is 44.5 Å². The van der Waals surface area contributed by atoms with Crippen LogP contribution in [0.25, 0.3) is 134 Å². The molecule has 4 nitrogen and oxygen atoms in total. The van der Waals surface area contributed by atoms with Crippen LogP contribution >= 0.6 is 0 Å². The van der Waals surface area contributed by atoms with Gasteiger partial charge >= 0.3 is 0 Å². The molecule has 0 saturated carbocycles. The van der Waals surface area contributed by atoms with Crippen LogP contribution in [-0.4, -0.2) is 19.9 Å². The molecule has 0 atom stereocenters. The van der Waals surface area contributed by atoms with E-state index in [1.165, 1.54) is 43.1 Å². The monoisotopic (exact) mass is 814 g/mol. The number of hydrogen-bond acceptors (Lipinski definition) is 2. The first-order valence-corrected chi connectivity index (χ1v) is 21.8. The van der Waals surface area contributed by atoms with Gasteiger partial charge in [0.25, 0.3) is 0 Å². The number of aromatic nitrogens is 4. The van der Waals surface area contributed by atoms with E-state index in [4.69, 9.17) is 9.97 Å². The van der Waals surface area contributed by atoms with Crippen LogP contribution in [0.15, 0.2) is 194 Å². The highest BCUT2D eigenvalue weighted by Crippen LogP contribution is 2.40. The topological polar surface area (TPSA) is 57.4 Å². The second-order valence-electron chi connectivity index (χ2n) is 16.8. The van der Waals surface area contributed by atoms with Gasteiger partial charge in [0, 0.05) is 44.3 Å². The molecule has 0 unspecified atom stereocenters. The molecule has 0 fully saturated rings. The van der Waals surface area contributed by atoms with Gasteiger partial charge in [-0.2, -0.15) is 0 Å². The molecule has 4 heteroatoms. The van der Waals surface area contributed by atoms with Gasteiger partial charge in [-0.1, -0.05) is 146 Å². The number of rotatable bonds is 4. The number of nitrogens with one attached hydrogen (secondary N) is 2. The summed E-state index contributed by atoms with van der Waals surface area (Å²) in [6.07, 6.45) is 8.66. The van der Waals surface area contributed by atoms with Gasteiger partial charge in [0.1, 0.15) is 0 Å². The second kappa shape index (κ2) is 14.5. The minimum Gasteiger partial charge on any atom is -0.354 e. The summed E-state index contributed by atoms with van der Waals surface area (Å²) < 4.78 is 0. The number of nitrogens with zero attached hydrogens (tertiary/aromatic N) is 2. The van der Waals surface area contributed by atoms with Crippen LogP contribution < -0.4 is 0 Å². The number of H-pyrrole nitrogens is 2. The minimum absolute atomic E-state index is 0.866. The number of fused-ring (bicyclic) bond motifs is 12. The Morgan fingerprint density at radius 2 is 0.500 bits per heavy atom. The molecule has 2 aliphatic rings.